The normalized spacial score (nSPS) is 12.3. The van der Waals surface area contributed by atoms with E-state index >= 15 is 0 Å². The van der Waals surface area contributed by atoms with Crippen LogP contribution in [0, 0.1) is 0 Å². The van der Waals surface area contributed by atoms with E-state index in [9.17, 15) is 21.6 Å². The fourth-order valence-electron chi connectivity index (χ4n) is 1.36. The zero-order valence-corrected chi connectivity index (χ0v) is 13.8. The molecular weight excluding hydrogens is 372 g/mol. The number of benzene rings is 1. The summed E-state index contributed by atoms with van der Waals surface area (Å²) >= 11 is 3.01. The predicted octanol–water partition coefficient (Wildman–Crippen LogP) is 1.36. The van der Waals surface area contributed by atoms with Gasteiger partial charge in [0.1, 0.15) is 0 Å². The average molecular weight is 385 g/mol. The summed E-state index contributed by atoms with van der Waals surface area (Å²) in [7, 11) is -7.24. The summed E-state index contributed by atoms with van der Waals surface area (Å²) in [6.07, 6.45) is 0. The van der Waals surface area contributed by atoms with E-state index in [4.69, 9.17) is 5.11 Å². The SMILES string of the molecule is CCS(=O)(=O)CCS(=O)(=O)c1ccc(Br)c(C(=O)O)c1. The Hall–Kier alpha value is -0.930. The molecule has 1 rings (SSSR count). The molecule has 1 aromatic carbocycles. The smallest absolute Gasteiger partial charge is 0.336 e. The number of hydrogen-bond acceptors (Lipinski definition) is 5. The van der Waals surface area contributed by atoms with Crippen LogP contribution in [0.4, 0.5) is 0 Å². The van der Waals surface area contributed by atoms with Crippen LogP contribution < -0.4 is 0 Å². The minimum atomic E-state index is -3.84. The van der Waals surface area contributed by atoms with E-state index in [1.807, 2.05) is 0 Å². The summed E-state index contributed by atoms with van der Waals surface area (Å²) in [5.41, 5.74) is -0.190. The molecule has 0 fully saturated rings. The first kappa shape index (κ1) is 17.1. The van der Waals surface area contributed by atoms with Crippen molar-refractivity contribution < 1.29 is 26.7 Å². The van der Waals surface area contributed by atoms with E-state index in [0.717, 1.165) is 6.07 Å². The fourth-order valence-corrected chi connectivity index (χ4v) is 4.77. The van der Waals surface area contributed by atoms with Gasteiger partial charge in [0.25, 0.3) is 0 Å². The highest BCUT2D eigenvalue weighted by Crippen LogP contribution is 2.22. The van der Waals surface area contributed by atoms with Gasteiger partial charge in [-0.1, -0.05) is 6.92 Å². The van der Waals surface area contributed by atoms with Crippen molar-refractivity contribution in [2.24, 2.45) is 0 Å². The van der Waals surface area contributed by atoms with Crippen LogP contribution in [0.3, 0.4) is 0 Å². The van der Waals surface area contributed by atoms with Crippen LogP contribution >= 0.6 is 15.9 Å². The number of carboxylic acid groups (broad SMARTS) is 1. The number of carbonyl (C=O) groups is 1. The minimum absolute atomic E-state index is 0.136. The Kier molecular flexibility index (Phi) is 5.33. The molecule has 0 radical (unpaired) electrons. The van der Waals surface area contributed by atoms with Gasteiger partial charge < -0.3 is 5.11 Å². The van der Waals surface area contributed by atoms with Crippen molar-refractivity contribution >= 4 is 41.6 Å². The van der Waals surface area contributed by atoms with E-state index in [2.05, 4.69) is 15.9 Å². The molecule has 0 amide bonds. The lowest BCUT2D eigenvalue weighted by Crippen LogP contribution is -2.19. The number of aromatic carboxylic acids is 1. The van der Waals surface area contributed by atoms with Crippen molar-refractivity contribution in [1.82, 2.24) is 0 Å². The average Bonchev–Trinajstić information content (AvgIpc) is 2.36. The quantitative estimate of drug-likeness (QED) is 0.793. The third-order valence-corrected chi connectivity index (χ3v) is 7.00. The molecule has 0 spiro atoms. The molecular formula is C11H13BrO6S2. The molecule has 6 nitrogen and oxygen atoms in total. The first-order valence-electron chi connectivity index (χ1n) is 5.55. The Balaban J connectivity index is 3.11. The summed E-state index contributed by atoms with van der Waals surface area (Å²) < 4.78 is 47.0. The molecule has 0 aromatic heterocycles. The van der Waals surface area contributed by atoms with E-state index in [1.54, 1.807) is 0 Å². The minimum Gasteiger partial charge on any atom is -0.478 e. The maximum Gasteiger partial charge on any atom is 0.336 e. The highest BCUT2D eigenvalue weighted by molar-refractivity contribution is 9.10. The third-order valence-electron chi connectivity index (χ3n) is 2.63. The van der Waals surface area contributed by atoms with Crippen molar-refractivity contribution in [3.05, 3.63) is 28.2 Å². The second-order valence-corrected chi connectivity index (χ2v) is 9.44. The standard InChI is InChI=1S/C11H13BrO6S2/c1-2-19(15,16)5-6-20(17,18)8-3-4-10(12)9(7-8)11(13)14/h3-4,7H,2,5-6H2,1H3,(H,13,14). The van der Waals surface area contributed by atoms with Crippen LogP contribution in [0.1, 0.15) is 17.3 Å². The summed E-state index contributed by atoms with van der Waals surface area (Å²) in [5, 5.41) is 8.93. The second-order valence-electron chi connectivity index (χ2n) is 4.00. The van der Waals surface area contributed by atoms with Crippen molar-refractivity contribution in [1.29, 1.82) is 0 Å². The molecule has 0 saturated heterocycles. The molecule has 0 heterocycles. The van der Waals surface area contributed by atoms with E-state index in [-0.39, 0.29) is 20.7 Å². The maximum atomic E-state index is 12.0. The van der Waals surface area contributed by atoms with Crippen molar-refractivity contribution in [3.8, 4) is 0 Å². The summed E-state index contributed by atoms with van der Waals surface area (Å²) in [6, 6.07) is 3.56. The lowest BCUT2D eigenvalue weighted by molar-refractivity contribution is 0.0695. The molecule has 0 unspecified atom stereocenters. The Labute approximate surface area is 125 Å². The molecule has 0 aliphatic carbocycles. The zero-order valence-electron chi connectivity index (χ0n) is 10.5. The lowest BCUT2D eigenvalue weighted by Gasteiger charge is -2.07. The molecule has 0 saturated carbocycles. The van der Waals surface area contributed by atoms with Crippen molar-refractivity contribution in [2.45, 2.75) is 11.8 Å². The number of halogens is 1. The first-order valence-corrected chi connectivity index (χ1v) is 9.82. The Morgan fingerprint density at radius 3 is 2.30 bits per heavy atom. The van der Waals surface area contributed by atoms with Crippen LogP contribution in [-0.4, -0.2) is 45.2 Å². The maximum absolute atomic E-state index is 12.0. The lowest BCUT2D eigenvalue weighted by atomic mass is 10.2. The topological polar surface area (TPSA) is 106 Å². The second kappa shape index (κ2) is 6.23. The molecule has 9 heteroatoms. The van der Waals surface area contributed by atoms with Gasteiger partial charge in [0, 0.05) is 10.2 Å². The van der Waals surface area contributed by atoms with E-state index in [1.165, 1.54) is 19.1 Å². The summed E-state index contributed by atoms with van der Waals surface area (Å²) in [6.45, 7) is 1.43. The van der Waals surface area contributed by atoms with Gasteiger partial charge in [0.05, 0.1) is 22.0 Å². The zero-order chi connectivity index (χ0) is 15.6. The highest BCUT2D eigenvalue weighted by Gasteiger charge is 2.21. The van der Waals surface area contributed by atoms with E-state index < -0.39 is 37.1 Å². The number of rotatable bonds is 6. The van der Waals surface area contributed by atoms with Crippen LogP contribution in [0.5, 0.6) is 0 Å². The molecule has 0 bridgehead atoms. The summed E-state index contributed by atoms with van der Waals surface area (Å²) in [4.78, 5) is 10.7. The fraction of sp³-hybridized carbons (Fsp3) is 0.364. The number of hydrogen-bond donors (Lipinski definition) is 1. The van der Waals surface area contributed by atoms with Gasteiger partial charge in [-0.2, -0.15) is 0 Å². The van der Waals surface area contributed by atoms with Crippen LogP contribution in [-0.2, 0) is 19.7 Å². The monoisotopic (exact) mass is 384 g/mol. The number of carboxylic acids is 1. The van der Waals surface area contributed by atoms with Crippen molar-refractivity contribution in [3.63, 3.8) is 0 Å². The predicted molar refractivity (Wildman–Crippen MR) is 77.5 cm³/mol. The van der Waals surface area contributed by atoms with Gasteiger partial charge in [-0.3, -0.25) is 0 Å². The Bertz CT molecular complexity index is 721. The Morgan fingerprint density at radius 2 is 1.80 bits per heavy atom. The number of sulfone groups is 2. The van der Waals surface area contributed by atoms with Gasteiger partial charge in [0.2, 0.25) is 0 Å². The van der Waals surface area contributed by atoms with Gasteiger partial charge in [-0.25, -0.2) is 21.6 Å². The van der Waals surface area contributed by atoms with E-state index in [0.29, 0.717) is 0 Å². The molecule has 112 valence electrons. The molecule has 0 aliphatic heterocycles. The van der Waals surface area contributed by atoms with Crippen LogP contribution in [0.15, 0.2) is 27.6 Å². The first-order chi connectivity index (χ1) is 9.09. The molecule has 0 aliphatic rings. The van der Waals surface area contributed by atoms with Crippen molar-refractivity contribution in [2.75, 3.05) is 17.3 Å². The van der Waals surface area contributed by atoms with Gasteiger partial charge >= 0.3 is 5.97 Å². The third kappa shape index (κ3) is 4.29. The Morgan fingerprint density at radius 1 is 1.20 bits per heavy atom. The molecule has 0 atom stereocenters. The van der Waals surface area contributed by atoms with Gasteiger partial charge in [-0.15, -0.1) is 0 Å². The summed E-state index contributed by atoms with van der Waals surface area (Å²) in [5.74, 6) is -2.45. The molecule has 1 aromatic rings. The van der Waals surface area contributed by atoms with Crippen LogP contribution in [0.25, 0.3) is 0 Å². The van der Waals surface area contributed by atoms with Gasteiger partial charge in [0.15, 0.2) is 19.7 Å². The van der Waals surface area contributed by atoms with Gasteiger partial charge in [-0.05, 0) is 34.1 Å². The van der Waals surface area contributed by atoms with Crippen LogP contribution in [0.2, 0.25) is 0 Å². The largest absolute Gasteiger partial charge is 0.478 e. The molecule has 1 N–H and O–H groups in total. The highest BCUT2D eigenvalue weighted by atomic mass is 79.9. The molecule has 20 heavy (non-hydrogen) atoms.